The Bertz CT molecular complexity index is 639. The molecule has 9 heteroatoms. The Morgan fingerprint density at radius 2 is 2.14 bits per heavy atom. The molecule has 0 unspecified atom stereocenters. The minimum atomic E-state index is -2.98. The number of nitrogens with one attached hydrogen (secondary N) is 1. The normalized spacial score (nSPS) is 25.7. The van der Waals surface area contributed by atoms with Crippen molar-refractivity contribution >= 4 is 27.5 Å². The zero-order valence-electron chi connectivity index (χ0n) is 11.6. The van der Waals surface area contributed by atoms with E-state index >= 15 is 0 Å². The topological polar surface area (TPSA) is 102 Å². The van der Waals surface area contributed by atoms with Gasteiger partial charge < -0.3 is 9.73 Å². The van der Waals surface area contributed by atoms with Crippen LogP contribution in [0.15, 0.2) is 9.64 Å². The Kier molecular flexibility index (Phi) is 3.96. The molecule has 0 bridgehead atoms. The minimum absolute atomic E-state index is 0.0364. The van der Waals surface area contributed by atoms with Crippen molar-refractivity contribution in [2.75, 3.05) is 11.5 Å². The number of carbonyl (C=O) groups excluding carboxylic acids is 1. The summed E-state index contributed by atoms with van der Waals surface area (Å²) in [5.41, 5.74) is 0. The number of sulfone groups is 1. The van der Waals surface area contributed by atoms with Crippen LogP contribution in [-0.4, -0.2) is 47.3 Å². The molecule has 2 heterocycles. The fourth-order valence-electron chi connectivity index (χ4n) is 2.17. The molecular formula is C12H17N3O4S2. The summed E-state index contributed by atoms with van der Waals surface area (Å²) in [6.45, 7) is 1.78. The molecule has 1 N–H and O–H groups in total. The molecular weight excluding hydrogens is 314 g/mol. The lowest BCUT2D eigenvalue weighted by atomic mass is 10.1. The van der Waals surface area contributed by atoms with E-state index in [1.165, 1.54) is 11.8 Å². The molecule has 21 heavy (non-hydrogen) atoms. The highest BCUT2D eigenvalue weighted by molar-refractivity contribution is 8.00. The maximum atomic E-state index is 11.8. The summed E-state index contributed by atoms with van der Waals surface area (Å²) in [5.74, 6) is 0.339. The molecule has 3 rings (SSSR count). The number of thioether (sulfide) groups is 1. The van der Waals surface area contributed by atoms with Gasteiger partial charge in [-0.15, -0.1) is 10.2 Å². The standard InChI is InChI=1S/C12H17N3O4S2/c1-7(10(16)13-9-2-3-9)20-12-15-14-11(19-12)8-4-5-21(17,18)6-8/h7-9H,2-6H2,1H3,(H,13,16)/t7-,8+/m1/s1. The van der Waals surface area contributed by atoms with Crippen LogP contribution >= 0.6 is 11.8 Å². The molecule has 0 aromatic carbocycles. The summed E-state index contributed by atoms with van der Waals surface area (Å²) in [7, 11) is -2.98. The lowest BCUT2D eigenvalue weighted by molar-refractivity contribution is -0.120. The van der Waals surface area contributed by atoms with E-state index in [9.17, 15) is 13.2 Å². The number of rotatable bonds is 5. The van der Waals surface area contributed by atoms with Gasteiger partial charge in [0.2, 0.25) is 11.8 Å². The number of nitrogens with zero attached hydrogens (tertiary/aromatic N) is 2. The van der Waals surface area contributed by atoms with Crippen molar-refractivity contribution in [2.24, 2.45) is 0 Å². The average molecular weight is 331 g/mol. The van der Waals surface area contributed by atoms with Gasteiger partial charge in [0, 0.05) is 6.04 Å². The van der Waals surface area contributed by atoms with Gasteiger partial charge in [-0.1, -0.05) is 11.8 Å². The minimum Gasteiger partial charge on any atom is -0.416 e. The second-order valence-corrected chi connectivity index (χ2v) is 9.07. The third-order valence-electron chi connectivity index (χ3n) is 3.57. The quantitative estimate of drug-likeness (QED) is 0.793. The van der Waals surface area contributed by atoms with Gasteiger partial charge in [-0.3, -0.25) is 4.79 Å². The van der Waals surface area contributed by atoms with Crippen LogP contribution in [0.1, 0.15) is 38.0 Å². The maximum Gasteiger partial charge on any atom is 0.277 e. The van der Waals surface area contributed by atoms with Gasteiger partial charge in [0.05, 0.1) is 22.7 Å². The first kappa shape index (κ1) is 14.8. The van der Waals surface area contributed by atoms with E-state index in [-0.39, 0.29) is 28.6 Å². The summed E-state index contributed by atoms with van der Waals surface area (Å²) >= 11 is 1.20. The Morgan fingerprint density at radius 3 is 2.76 bits per heavy atom. The second kappa shape index (κ2) is 5.60. The van der Waals surface area contributed by atoms with Gasteiger partial charge in [0.15, 0.2) is 9.84 Å². The molecule has 2 aliphatic rings. The molecule has 1 aromatic rings. The molecule has 1 aliphatic carbocycles. The van der Waals surface area contributed by atoms with Crippen molar-refractivity contribution in [3.05, 3.63) is 5.89 Å². The Morgan fingerprint density at radius 1 is 1.38 bits per heavy atom. The van der Waals surface area contributed by atoms with E-state index in [1.54, 1.807) is 6.92 Å². The summed E-state index contributed by atoms with van der Waals surface area (Å²) < 4.78 is 28.4. The largest absolute Gasteiger partial charge is 0.416 e. The summed E-state index contributed by atoms with van der Waals surface area (Å²) in [6, 6.07) is 0.322. The van der Waals surface area contributed by atoms with Gasteiger partial charge in [0.1, 0.15) is 0 Å². The molecule has 1 aromatic heterocycles. The lowest BCUT2D eigenvalue weighted by Gasteiger charge is -2.08. The highest BCUT2D eigenvalue weighted by Gasteiger charge is 2.33. The van der Waals surface area contributed by atoms with E-state index in [0.29, 0.717) is 23.6 Å². The van der Waals surface area contributed by atoms with Crippen molar-refractivity contribution < 1.29 is 17.6 Å². The van der Waals surface area contributed by atoms with Crippen LogP contribution in [0.2, 0.25) is 0 Å². The first-order chi connectivity index (χ1) is 9.93. The maximum absolute atomic E-state index is 11.8. The molecule has 116 valence electrons. The first-order valence-corrected chi connectivity index (χ1v) is 9.64. The Balaban J connectivity index is 1.58. The van der Waals surface area contributed by atoms with Crippen LogP contribution in [0.3, 0.4) is 0 Å². The average Bonchev–Trinajstić information content (AvgIpc) is 2.97. The van der Waals surface area contributed by atoms with Crippen LogP contribution in [-0.2, 0) is 14.6 Å². The zero-order valence-corrected chi connectivity index (χ0v) is 13.2. The van der Waals surface area contributed by atoms with Gasteiger partial charge >= 0.3 is 0 Å². The van der Waals surface area contributed by atoms with Crippen molar-refractivity contribution in [3.63, 3.8) is 0 Å². The van der Waals surface area contributed by atoms with E-state index < -0.39 is 9.84 Å². The van der Waals surface area contributed by atoms with Crippen LogP contribution in [0.4, 0.5) is 0 Å². The second-order valence-electron chi connectivity index (χ2n) is 5.55. The Labute approximate surface area is 127 Å². The monoisotopic (exact) mass is 331 g/mol. The smallest absolute Gasteiger partial charge is 0.277 e. The van der Waals surface area contributed by atoms with Crippen LogP contribution < -0.4 is 5.32 Å². The molecule has 1 saturated carbocycles. The number of hydrogen-bond donors (Lipinski definition) is 1. The van der Waals surface area contributed by atoms with Crippen LogP contribution in [0.25, 0.3) is 0 Å². The molecule has 0 spiro atoms. The molecule has 2 fully saturated rings. The fraction of sp³-hybridized carbons (Fsp3) is 0.750. The number of carbonyl (C=O) groups is 1. The summed E-state index contributed by atoms with van der Waals surface area (Å²) in [6.07, 6.45) is 2.61. The lowest BCUT2D eigenvalue weighted by Crippen LogP contribution is -2.32. The van der Waals surface area contributed by atoms with Crippen molar-refractivity contribution in [2.45, 2.75) is 48.6 Å². The van der Waals surface area contributed by atoms with Gasteiger partial charge in [-0.05, 0) is 26.2 Å². The third kappa shape index (κ3) is 3.76. The molecule has 1 amide bonds. The van der Waals surface area contributed by atoms with Gasteiger partial charge in [-0.25, -0.2) is 8.42 Å². The highest BCUT2D eigenvalue weighted by Crippen LogP contribution is 2.31. The molecule has 1 aliphatic heterocycles. The molecule has 0 radical (unpaired) electrons. The number of aromatic nitrogens is 2. The van der Waals surface area contributed by atoms with Crippen molar-refractivity contribution in [1.29, 1.82) is 0 Å². The molecule has 1 saturated heterocycles. The number of hydrogen-bond acceptors (Lipinski definition) is 7. The highest BCUT2D eigenvalue weighted by atomic mass is 32.2. The third-order valence-corrected chi connectivity index (χ3v) is 6.28. The van der Waals surface area contributed by atoms with E-state index in [0.717, 1.165) is 12.8 Å². The summed E-state index contributed by atoms with van der Waals surface area (Å²) in [4.78, 5) is 11.8. The first-order valence-electron chi connectivity index (χ1n) is 6.94. The summed E-state index contributed by atoms with van der Waals surface area (Å²) in [5, 5.41) is 10.7. The SMILES string of the molecule is C[C@@H](Sc1nnc([C@H]2CCS(=O)(=O)C2)o1)C(=O)NC1CC1. The zero-order chi connectivity index (χ0) is 15.0. The molecule has 7 nitrogen and oxygen atoms in total. The van der Waals surface area contributed by atoms with Crippen molar-refractivity contribution in [1.82, 2.24) is 15.5 Å². The van der Waals surface area contributed by atoms with E-state index in [2.05, 4.69) is 15.5 Å². The van der Waals surface area contributed by atoms with Crippen molar-refractivity contribution in [3.8, 4) is 0 Å². The van der Waals surface area contributed by atoms with Crippen LogP contribution in [0, 0.1) is 0 Å². The fourth-order valence-corrected chi connectivity index (χ4v) is 4.61. The molecule has 2 atom stereocenters. The van der Waals surface area contributed by atoms with Gasteiger partial charge in [-0.2, -0.15) is 0 Å². The Hall–Kier alpha value is -1.09. The van der Waals surface area contributed by atoms with Crippen LogP contribution in [0.5, 0.6) is 0 Å². The predicted molar refractivity (Wildman–Crippen MR) is 76.8 cm³/mol. The number of amides is 1. The van der Waals surface area contributed by atoms with E-state index in [4.69, 9.17) is 4.42 Å². The van der Waals surface area contributed by atoms with Gasteiger partial charge in [0.25, 0.3) is 5.22 Å². The van der Waals surface area contributed by atoms with E-state index in [1.807, 2.05) is 0 Å². The predicted octanol–water partition coefficient (Wildman–Crippen LogP) is 0.731.